The third-order valence-corrected chi connectivity index (χ3v) is 4.15. The van der Waals surface area contributed by atoms with Gasteiger partial charge >= 0.3 is 0 Å². The number of hydrogen-bond donors (Lipinski definition) is 1. The van der Waals surface area contributed by atoms with Crippen molar-refractivity contribution in [3.8, 4) is 0 Å². The lowest BCUT2D eigenvalue weighted by Crippen LogP contribution is -2.32. The molecular formula is C15H19FN2. The van der Waals surface area contributed by atoms with Gasteiger partial charge in [-0.05, 0) is 62.2 Å². The molecule has 1 N–H and O–H groups in total. The maximum Gasteiger partial charge on any atom is 0.123 e. The van der Waals surface area contributed by atoms with Crippen molar-refractivity contribution in [1.29, 1.82) is 0 Å². The van der Waals surface area contributed by atoms with Crippen LogP contribution in [0.2, 0.25) is 0 Å². The van der Waals surface area contributed by atoms with Crippen LogP contribution in [-0.2, 0) is 0 Å². The Labute approximate surface area is 107 Å². The van der Waals surface area contributed by atoms with Crippen molar-refractivity contribution in [3.63, 3.8) is 0 Å². The standard InChI is InChI=1S/C15H19FN2/c1-2-18-7-5-11(6-8-18)14-10-17-15-4-3-12(16)9-13(14)15/h3-4,9-11,17H,2,5-8H2,1H3. The number of aromatic amines is 1. The number of nitrogens with one attached hydrogen (secondary N) is 1. The Morgan fingerprint density at radius 2 is 2.11 bits per heavy atom. The normalized spacial score (nSPS) is 18.6. The van der Waals surface area contributed by atoms with Gasteiger partial charge in [-0.2, -0.15) is 0 Å². The molecule has 1 aliphatic rings. The molecule has 0 unspecified atom stereocenters. The average molecular weight is 246 g/mol. The molecule has 2 heterocycles. The molecule has 0 bridgehead atoms. The summed E-state index contributed by atoms with van der Waals surface area (Å²) in [5, 5.41) is 1.06. The molecule has 3 heteroatoms. The molecule has 2 aromatic rings. The lowest BCUT2D eigenvalue weighted by atomic mass is 9.89. The van der Waals surface area contributed by atoms with Crippen LogP contribution in [0.1, 0.15) is 31.2 Å². The number of hydrogen-bond acceptors (Lipinski definition) is 1. The topological polar surface area (TPSA) is 19.0 Å². The molecule has 3 rings (SSSR count). The van der Waals surface area contributed by atoms with Gasteiger partial charge in [0.1, 0.15) is 5.82 Å². The minimum atomic E-state index is -0.144. The number of H-pyrrole nitrogens is 1. The zero-order chi connectivity index (χ0) is 12.5. The molecule has 18 heavy (non-hydrogen) atoms. The molecule has 1 aliphatic heterocycles. The van der Waals surface area contributed by atoms with Gasteiger partial charge in [0.05, 0.1) is 0 Å². The van der Waals surface area contributed by atoms with Gasteiger partial charge in [0.2, 0.25) is 0 Å². The SMILES string of the molecule is CCN1CCC(c2c[nH]c3ccc(F)cc23)CC1. The number of rotatable bonds is 2. The van der Waals surface area contributed by atoms with E-state index in [1.54, 1.807) is 6.07 Å². The summed E-state index contributed by atoms with van der Waals surface area (Å²) in [6.45, 7) is 5.66. The van der Waals surface area contributed by atoms with Crippen molar-refractivity contribution < 1.29 is 4.39 Å². The number of fused-ring (bicyclic) bond motifs is 1. The van der Waals surface area contributed by atoms with Crippen LogP contribution in [0.25, 0.3) is 10.9 Å². The summed E-state index contributed by atoms with van der Waals surface area (Å²) in [5.41, 5.74) is 2.34. The zero-order valence-corrected chi connectivity index (χ0v) is 10.7. The number of piperidine rings is 1. The van der Waals surface area contributed by atoms with Gasteiger partial charge in [-0.1, -0.05) is 6.92 Å². The van der Waals surface area contributed by atoms with E-state index in [1.807, 2.05) is 6.07 Å². The summed E-state index contributed by atoms with van der Waals surface area (Å²) >= 11 is 0. The van der Waals surface area contributed by atoms with Gasteiger partial charge in [-0.3, -0.25) is 0 Å². The summed E-state index contributed by atoms with van der Waals surface area (Å²) in [6, 6.07) is 5.00. The number of halogens is 1. The van der Waals surface area contributed by atoms with Crippen LogP contribution in [0, 0.1) is 5.82 Å². The van der Waals surface area contributed by atoms with Crippen molar-refractivity contribution in [1.82, 2.24) is 9.88 Å². The summed E-state index contributed by atoms with van der Waals surface area (Å²) in [6.07, 6.45) is 4.42. The number of aromatic nitrogens is 1. The summed E-state index contributed by atoms with van der Waals surface area (Å²) in [4.78, 5) is 5.74. The van der Waals surface area contributed by atoms with E-state index in [4.69, 9.17) is 0 Å². The Hall–Kier alpha value is -1.35. The van der Waals surface area contributed by atoms with E-state index in [-0.39, 0.29) is 5.82 Å². The molecule has 1 saturated heterocycles. The predicted molar refractivity (Wildman–Crippen MR) is 72.3 cm³/mol. The van der Waals surface area contributed by atoms with Gasteiger partial charge in [0.25, 0.3) is 0 Å². The van der Waals surface area contributed by atoms with Gasteiger partial charge in [-0.25, -0.2) is 4.39 Å². The summed E-state index contributed by atoms with van der Waals surface area (Å²) in [7, 11) is 0. The summed E-state index contributed by atoms with van der Waals surface area (Å²) < 4.78 is 13.4. The van der Waals surface area contributed by atoms with Crippen LogP contribution in [-0.4, -0.2) is 29.5 Å². The lowest BCUT2D eigenvalue weighted by molar-refractivity contribution is 0.223. The zero-order valence-electron chi connectivity index (χ0n) is 10.7. The van der Waals surface area contributed by atoms with E-state index in [2.05, 4.69) is 23.0 Å². The number of benzene rings is 1. The highest BCUT2D eigenvalue weighted by Crippen LogP contribution is 2.33. The van der Waals surface area contributed by atoms with Crippen LogP contribution in [0.15, 0.2) is 24.4 Å². The van der Waals surface area contributed by atoms with Crippen LogP contribution in [0.3, 0.4) is 0 Å². The quantitative estimate of drug-likeness (QED) is 0.859. The number of nitrogens with zero attached hydrogens (tertiary/aromatic N) is 1. The van der Waals surface area contributed by atoms with E-state index < -0.39 is 0 Å². The molecular weight excluding hydrogens is 227 g/mol. The molecule has 0 saturated carbocycles. The molecule has 0 radical (unpaired) electrons. The van der Waals surface area contributed by atoms with Crippen LogP contribution >= 0.6 is 0 Å². The van der Waals surface area contributed by atoms with Crippen molar-refractivity contribution in [2.75, 3.05) is 19.6 Å². The van der Waals surface area contributed by atoms with E-state index in [0.717, 1.165) is 30.5 Å². The molecule has 0 aliphatic carbocycles. The highest BCUT2D eigenvalue weighted by Gasteiger charge is 2.21. The highest BCUT2D eigenvalue weighted by atomic mass is 19.1. The van der Waals surface area contributed by atoms with E-state index >= 15 is 0 Å². The first-order valence-corrected chi connectivity index (χ1v) is 6.77. The second-order valence-corrected chi connectivity index (χ2v) is 5.14. The predicted octanol–water partition coefficient (Wildman–Crippen LogP) is 3.51. The first-order valence-electron chi connectivity index (χ1n) is 6.77. The van der Waals surface area contributed by atoms with Crippen LogP contribution < -0.4 is 0 Å². The van der Waals surface area contributed by atoms with Crippen molar-refractivity contribution >= 4 is 10.9 Å². The molecule has 0 atom stereocenters. The fraction of sp³-hybridized carbons (Fsp3) is 0.467. The van der Waals surface area contributed by atoms with E-state index in [0.29, 0.717) is 5.92 Å². The molecule has 1 aromatic carbocycles. The van der Waals surface area contributed by atoms with Gasteiger partial charge in [-0.15, -0.1) is 0 Å². The van der Waals surface area contributed by atoms with Crippen LogP contribution in [0.4, 0.5) is 4.39 Å². The third kappa shape index (κ3) is 2.03. The molecule has 96 valence electrons. The molecule has 1 aromatic heterocycles. The minimum absolute atomic E-state index is 0.144. The highest BCUT2D eigenvalue weighted by molar-refractivity contribution is 5.83. The average Bonchev–Trinajstić information content (AvgIpc) is 2.82. The monoisotopic (exact) mass is 246 g/mol. The molecule has 0 spiro atoms. The number of likely N-dealkylation sites (tertiary alicyclic amines) is 1. The van der Waals surface area contributed by atoms with Crippen molar-refractivity contribution in [3.05, 3.63) is 35.8 Å². The Balaban J connectivity index is 1.88. The maximum absolute atomic E-state index is 13.4. The fourth-order valence-electron chi connectivity index (χ4n) is 3.01. The third-order valence-electron chi connectivity index (χ3n) is 4.15. The van der Waals surface area contributed by atoms with Gasteiger partial charge < -0.3 is 9.88 Å². The second kappa shape index (κ2) is 4.73. The van der Waals surface area contributed by atoms with Crippen molar-refractivity contribution in [2.24, 2.45) is 0 Å². The fourth-order valence-corrected chi connectivity index (χ4v) is 3.01. The molecule has 0 amide bonds. The molecule has 2 nitrogen and oxygen atoms in total. The molecule has 1 fully saturated rings. The van der Waals surface area contributed by atoms with Crippen molar-refractivity contribution in [2.45, 2.75) is 25.7 Å². The van der Waals surface area contributed by atoms with Gasteiger partial charge in [0, 0.05) is 17.1 Å². The Bertz CT molecular complexity index is 538. The minimum Gasteiger partial charge on any atom is -0.361 e. The van der Waals surface area contributed by atoms with Gasteiger partial charge in [0.15, 0.2) is 0 Å². The Morgan fingerprint density at radius 1 is 1.33 bits per heavy atom. The largest absolute Gasteiger partial charge is 0.361 e. The maximum atomic E-state index is 13.4. The second-order valence-electron chi connectivity index (χ2n) is 5.14. The van der Waals surface area contributed by atoms with E-state index in [9.17, 15) is 4.39 Å². The van der Waals surface area contributed by atoms with Crippen LogP contribution in [0.5, 0.6) is 0 Å². The summed E-state index contributed by atoms with van der Waals surface area (Å²) in [5.74, 6) is 0.428. The Morgan fingerprint density at radius 3 is 2.83 bits per heavy atom. The Kier molecular flexibility index (Phi) is 3.08. The smallest absolute Gasteiger partial charge is 0.123 e. The van der Waals surface area contributed by atoms with E-state index in [1.165, 1.54) is 24.5 Å². The lowest BCUT2D eigenvalue weighted by Gasteiger charge is -2.30. The first-order chi connectivity index (χ1) is 8.78. The first kappa shape index (κ1) is 11.7.